The van der Waals surface area contributed by atoms with E-state index in [9.17, 15) is 22.8 Å². The van der Waals surface area contributed by atoms with Crippen LogP contribution in [-0.4, -0.2) is 66.2 Å². The van der Waals surface area contributed by atoms with Crippen LogP contribution in [-0.2, 0) is 15.7 Å². The molecule has 0 aliphatic carbocycles. The molecule has 3 heterocycles. The number of imide groups is 1. The maximum atomic E-state index is 13.5. The first-order valence-electron chi connectivity index (χ1n) is 10.9. The van der Waals surface area contributed by atoms with E-state index in [1.54, 1.807) is 4.90 Å². The van der Waals surface area contributed by atoms with E-state index in [4.69, 9.17) is 4.74 Å². The number of alkyl halides is 3. The van der Waals surface area contributed by atoms with Crippen molar-refractivity contribution in [3.05, 3.63) is 29.8 Å². The van der Waals surface area contributed by atoms with Gasteiger partial charge in [-0.05, 0) is 63.3 Å². The zero-order valence-electron chi connectivity index (χ0n) is 17.7. The second-order valence-corrected chi connectivity index (χ2v) is 8.48. The number of piperidine rings is 1. The topological polar surface area (TPSA) is 53.1 Å². The molecule has 1 atom stereocenters. The molecule has 6 nitrogen and oxygen atoms in total. The van der Waals surface area contributed by atoms with Crippen molar-refractivity contribution in [2.75, 3.05) is 37.7 Å². The van der Waals surface area contributed by atoms with E-state index in [1.165, 1.54) is 12.1 Å². The van der Waals surface area contributed by atoms with Crippen molar-refractivity contribution in [2.45, 2.75) is 56.8 Å². The average molecular weight is 439 g/mol. The number of hydrogen-bond acceptors (Lipinski definition) is 4. The zero-order valence-corrected chi connectivity index (χ0v) is 17.7. The molecule has 0 aromatic heterocycles. The third-order valence-electron chi connectivity index (χ3n) is 6.87. The van der Waals surface area contributed by atoms with Crippen LogP contribution in [0.15, 0.2) is 24.3 Å². The molecule has 31 heavy (non-hydrogen) atoms. The fraction of sp³-hybridized carbons (Fsp3) is 0.636. The van der Waals surface area contributed by atoms with Crippen LogP contribution < -0.4 is 4.90 Å². The summed E-state index contributed by atoms with van der Waals surface area (Å²) in [5, 5.41) is 0. The van der Waals surface area contributed by atoms with Crippen molar-refractivity contribution < 1.29 is 27.5 Å². The average Bonchev–Trinajstić information content (AvgIpc) is 2.94. The van der Waals surface area contributed by atoms with E-state index in [-0.39, 0.29) is 11.6 Å². The molecule has 4 rings (SSSR count). The maximum absolute atomic E-state index is 13.5. The van der Waals surface area contributed by atoms with Gasteiger partial charge in [-0.2, -0.15) is 13.2 Å². The van der Waals surface area contributed by atoms with Crippen LogP contribution in [0.3, 0.4) is 0 Å². The first-order valence-corrected chi connectivity index (χ1v) is 10.9. The van der Waals surface area contributed by atoms with E-state index in [1.807, 2.05) is 6.92 Å². The molecule has 3 amide bonds. The Bertz CT molecular complexity index is 812. The molecule has 0 bridgehead atoms. The first-order chi connectivity index (χ1) is 14.8. The number of anilines is 1. The van der Waals surface area contributed by atoms with Crippen molar-refractivity contribution in [3.63, 3.8) is 0 Å². The Labute approximate surface area is 179 Å². The quantitative estimate of drug-likeness (QED) is 0.671. The Hall–Kier alpha value is -2.13. The van der Waals surface area contributed by atoms with Crippen LogP contribution in [0.1, 0.15) is 44.6 Å². The lowest BCUT2D eigenvalue weighted by Crippen LogP contribution is -2.58. The number of rotatable bonds is 3. The third kappa shape index (κ3) is 3.93. The minimum atomic E-state index is -4.47. The summed E-state index contributed by atoms with van der Waals surface area (Å²) in [4.78, 5) is 31.6. The molecule has 0 saturated carbocycles. The standard InChI is InChI=1S/C22H28F3N3O3/c1-2-27-20(30)28(18-7-5-16(6-8-18)22(23,24)25)19(29)21(27)10-12-26(13-11-21)17-4-3-14-31-15-9-17/h5-8,17H,2-4,9-15H2,1H3. The Balaban J connectivity index is 1.54. The molecule has 1 aromatic carbocycles. The smallest absolute Gasteiger partial charge is 0.381 e. The summed E-state index contributed by atoms with van der Waals surface area (Å²) in [5.74, 6) is -0.331. The van der Waals surface area contributed by atoms with Crippen molar-refractivity contribution in [1.29, 1.82) is 0 Å². The van der Waals surface area contributed by atoms with Crippen molar-refractivity contribution in [2.24, 2.45) is 0 Å². The van der Waals surface area contributed by atoms with Gasteiger partial charge in [0.15, 0.2) is 0 Å². The van der Waals surface area contributed by atoms with Gasteiger partial charge in [0.2, 0.25) is 0 Å². The Kier molecular flexibility index (Phi) is 6.00. The minimum absolute atomic E-state index is 0.182. The SMILES string of the molecule is CCN1C(=O)N(c2ccc(C(F)(F)F)cc2)C(=O)C12CCN(C1CCCOCC1)CC2. The van der Waals surface area contributed by atoms with Gasteiger partial charge in [0.25, 0.3) is 5.91 Å². The van der Waals surface area contributed by atoms with Gasteiger partial charge in [-0.15, -0.1) is 0 Å². The minimum Gasteiger partial charge on any atom is -0.381 e. The summed E-state index contributed by atoms with van der Waals surface area (Å²) in [7, 11) is 0. The first kappa shape index (κ1) is 22.1. The summed E-state index contributed by atoms with van der Waals surface area (Å²) in [5.41, 5.74) is -1.55. The molecular formula is C22H28F3N3O3. The number of likely N-dealkylation sites (tertiary alicyclic amines) is 1. The molecule has 3 fully saturated rings. The normalized spacial score (nSPS) is 25.4. The molecule has 170 valence electrons. The predicted molar refractivity (Wildman–Crippen MR) is 109 cm³/mol. The zero-order chi connectivity index (χ0) is 22.2. The largest absolute Gasteiger partial charge is 0.416 e. The second-order valence-electron chi connectivity index (χ2n) is 8.48. The van der Waals surface area contributed by atoms with Crippen molar-refractivity contribution in [3.8, 4) is 0 Å². The Morgan fingerprint density at radius 3 is 2.35 bits per heavy atom. The van der Waals surface area contributed by atoms with Gasteiger partial charge >= 0.3 is 12.2 Å². The monoisotopic (exact) mass is 439 g/mol. The predicted octanol–water partition coefficient (Wildman–Crippen LogP) is 3.90. The molecule has 1 aromatic rings. The number of carbonyl (C=O) groups is 2. The highest BCUT2D eigenvalue weighted by atomic mass is 19.4. The van der Waals surface area contributed by atoms with E-state index in [2.05, 4.69) is 4.90 Å². The van der Waals surface area contributed by atoms with Gasteiger partial charge in [0.1, 0.15) is 5.54 Å². The number of urea groups is 1. The molecule has 3 saturated heterocycles. The highest BCUT2D eigenvalue weighted by molar-refractivity contribution is 6.23. The van der Waals surface area contributed by atoms with Gasteiger partial charge < -0.3 is 14.5 Å². The van der Waals surface area contributed by atoms with Crippen LogP contribution in [0.25, 0.3) is 0 Å². The fourth-order valence-corrected chi connectivity index (χ4v) is 5.17. The molecule has 1 unspecified atom stereocenters. The number of amides is 3. The van der Waals surface area contributed by atoms with Gasteiger partial charge in [0, 0.05) is 38.9 Å². The van der Waals surface area contributed by atoms with Crippen molar-refractivity contribution in [1.82, 2.24) is 9.80 Å². The molecule has 1 spiro atoms. The summed E-state index contributed by atoms with van der Waals surface area (Å²) < 4.78 is 44.3. The van der Waals surface area contributed by atoms with Crippen LogP contribution in [0.4, 0.5) is 23.7 Å². The number of benzene rings is 1. The maximum Gasteiger partial charge on any atom is 0.416 e. The number of nitrogens with zero attached hydrogens (tertiary/aromatic N) is 3. The molecule has 0 N–H and O–H groups in total. The lowest BCUT2D eigenvalue weighted by molar-refractivity contribution is -0.137. The molecule has 0 radical (unpaired) electrons. The number of halogens is 3. The van der Waals surface area contributed by atoms with Gasteiger partial charge in [-0.25, -0.2) is 9.69 Å². The second kappa shape index (κ2) is 8.43. The molecule has 9 heteroatoms. The fourth-order valence-electron chi connectivity index (χ4n) is 5.17. The highest BCUT2D eigenvalue weighted by Gasteiger charge is 2.58. The summed E-state index contributed by atoms with van der Waals surface area (Å²) >= 11 is 0. The molecule has 3 aliphatic heterocycles. The lowest BCUT2D eigenvalue weighted by atomic mass is 9.84. The van der Waals surface area contributed by atoms with Gasteiger partial charge in [-0.3, -0.25) is 4.79 Å². The summed E-state index contributed by atoms with van der Waals surface area (Å²) in [6, 6.07) is 4.19. The van der Waals surface area contributed by atoms with Gasteiger partial charge in [-0.1, -0.05) is 0 Å². The van der Waals surface area contributed by atoms with Crippen LogP contribution in [0.2, 0.25) is 0 Å². The lowest BCUT2D eigenvalue weighted by Gasteiger charge is -2.44. The van der Waals surface area contributed by atoms with Crippen LogP contribution in [0, 0.1) is 0 Å². The van der Waals surface area contributed by atoms with Crippen LogP contribution >= 0.6 is 0 Å². The van der Waals surface area contributed by atoms with E-state index < -0.39 is 23.3 Å². The summed E-state index contributed by atoms with van der Waals surface area (Å²) in [6.07, 6.45) is -0.361. The number of likely N-dealkylation sites (N-methyl/N-ethyl adjacent to an activating group) is 1. The van der Waals surface area contributed by atoms with E-state index in [0.29, 0.717) is 38.5 Å². The highest BCUT2D eigenvalue weighted by Crippen LogP contribution is 2.40. The van der Waals surface area contributed by atoms with Gasteiger partial charge in [0.05, 0.1) is 11.3 Å². The number of ether oxygens (including phenoxy) is 1. The Morgan fingerprint density at radius 2 is 1.74 bits per heavy atom. The van der Waals surface area contributed by atoms with E-state index >= 15 is 0 Å². The Morgan fingerprint density at radius 1 is 1.06 bits per heavy atom. The number of carbonyl (C=O) groups excluding carboxylic acids is 2. The van der Waals surface area contributed by atoms with E-state index in [0.717, 1.165) is 49.5 Å². The third-order valence-corrected chi connectivity index (χ3v) is 6.87. The number of hydrogen-bond donors (Lipinski definition) is 0. The molecule has 3 aliphatic rings. The molecular weight excluding hydrogens is 411 g/mol. The van der Waals surface area contributed by atoms with Crippen LogP contribution in [0.5, 0.6) is 0 Å². The van der Waals surface area contributed by atoms with Crippen molar-refractivity contribution >= 4 is 17.6 Å². The summed E-state index contributed by atoms with van der Waals surface area (Å²) in [6.45, 7) is 5.15.